The highest BCUT2D eigenvalue weighted by Gasteiger charge is 2.40. The Morgan fingerprint density at radius 3 is 2.65 bits per heavy atom. The number of piperidine rings is 1. The van der Waals surface area contributed by atoms with Crippen molar-refractivity contribution in [2.24, 2.45) is 0 Å². The van der Waals surface area contributed by atoms with E-state index in [2.05, 4.69) is 46.7 Å². The molecule has 0 radical (unpaired) electrons. The van der Waals surface area contributed by atoms with Crippen molar-refractivity contribution in [1.29, 1.82) is 0 Å². The summed E-state index contributed by atoms with van der Waals surface area (Å²) in [5.74, 6) is 0.0186. The Morgan fingerprint density at radius 1 is 1.04 bits per heavy atom. The van der Waals surface area contributed by atoms with Crippen molar-refractivity contribution in [3.8, 4) is 0 Å². The number of aryl methyl sites for hydroxylation is 1. The van der Waals surface area contributed by atoms with Gasteiger partial charge in [-0.15, -0.1) is 0 Å². The fourth-order valence-electron chi connectivity index (χ4n) is 3.60. The molecule has 23 heavy (non-hydrogen) atoms. The zero-order valence-corrected chi connectivity index (χ0v) is 13.3. The van der Waals surface area contributed by atoms with Crippen LogP contribution in [0.2, 0.25) is 0 Å². The third-order valence-electron chi connectivity index (χ3n) is 4.79. The topological polar surface area (TPSA) is 44.4 Å². The van der Waals surface area contributed by atoms with Gasteiger partial charge < -0.3 is 15.5 Å². The molecule has 4 heteroatoms. The van der Waals surface area contributed by atoms with Gasteiger partial charge in [0.2, 0.25) is 0 Å². The number of anilines is 2. The van der Waals surface area contributed by atoms with E-state index in [1.54, 1.807) is 0 Å². The molecule has 2 aliphatic rings. The molecule has 1 atom stereocenters. The molecule has 2 aliphatic heterocycles. The van der Waals surface area contributed by atoms with Crippen LogP contribution < -0.4 is 15.5 Å². The van der Waals surface area contributed by atoms with Gasteiger partial charge >= 0.3 is 0 Å². The van der Waals surface area contributed by atoms with Crippen LogP contribution in [0.5, 0.6) is 0 Å². The molecule has 2 heterocycles. The Bertz CT molecular complexity index is 741. The lowest BCUT2D eigenvalue weighted by molar-refractivity contribution is 0.0891. The number of hydrogen-bond donors (Lipinski definition) is 2. The van der Waals surface area contributed by atoms with E-state index in [4.69, 9.17) is 0 Å². The maximum absolute atomic E-state index is 12.5. The molecule has 4 rings (SSSR count). The Labute approximate surface area is 136 Å². The van der Waals surface area contributed by atoms with Gasteiger partial charge in [-0.1, -0.05) is 29.8 Å². The lowest BCUT2D eigenvalue weighted by Crippen LogP contribution is -2.65. The molecule has 2 aromatic carbocycles. The van der Waals surface area contributed by atoms with Gasteiger partial charge in [0.05, 0.1) is 12.1 Å². The number of para-hydroxylation sites is 1. The highest BCUT2D eigenvalue weighted by molar-refractivity contribution is 6.02. The molecular formula is C19H21N3O. The summed E-state index contributed by atoms with van der Waals surface area (Å²) >= 11 is 0. The molecule has 1 amide bonds. The van der Waals surface area contributed by atoms with Crippen molar-refractivity contribution in [1.82, 2.24) is 5.32 Å². The van der Waals surface area contributed by atoms with Crippen LogP contribution in [0.25, 0.3) is 0 Å². The minimum Gasteiger partial charge on any atom is -0.367 e. The van der Waals surface area contributed by atoms with E-state index in [0.717, 1.165) is 37.2 Å². The van der Waals surface area contributed by atoms with E-state index in [9.17, 15) is 4.79 Å². The maximum atomic E-state index is 12.5. The first kappa shape index (κ1) is 14.1. The molecular weight excluding hydrogens is 286 g/mol. The second kappa shape index (κ2) is 5.30. The minimum atomic E-state index is -0.380. The Hall–Kier alpha value is -2.49. The van der Waals surface area contributed by atoms with Gasteiger partial charge in [0, 0.05) is 17.9 Å². The quantitative estimate of drug-likeness (QED) is 0.850. The molecule has 2 N–H and O–H groups in total. The first-order valence-corrected chi connectivity index (χ1v) is 8.17. The number of rotatable bonds is 1. The number of carbonyl (C=O) groups is 1. The molecule has 0 saturated carbocycles. The fourth-order valence-corrected chi connectivity index (χ4v) is 3.60. The SMILES string of the molecule is Cc1ccc(N2CCCC3(C2)NC(=O)c2ccccc2N3)cc1. The van der Waals surface area contributed by atoms with Crippen LogP contribution in [0.4, 0.5) is 11.4 Å². The van der Waals surface area contributed by atoms with Gasteiger partial charge in [0.25, 0.3) is 5.91 Å². The Morgan fingerprint density at radius 2 is 1.83 bits per heavy atom. The van der Waals surface area contributed by atoms with E-state index in [-0.39, 0.29) is 11.6 Å². The highest BCUT2D eigenvalue weighted by atomic mass is 16.2. The lowest BCUT2D eigenvalue weighted by atomic mass is 9.93. The van der Waals surface area contributed by atoms with Gasteiger partial charge in [0.1, 0.15) is 5.66 Å². The number of benzene rings is 2. The summed E-state index contributed by atoms with van der Waals surface area (Å²) in [5.41, 5.74) is 3.75. The zero-order chi connectivity index (χ0) is 15.9. The van der Waals surface area contributed by atoms with E-state index in [1.807, 2.05) is 24.3 Å². The number of carbonyl (C=O) groups excluding carboxylic acids is 1. The van der Waals surface area contributed by atoms with E-state index < -0.39 is 0 Å². The number of nitrogens with one attached hydrogen (secondary N) is 2. The average Bonchev–Trinajstić information content (AvgIpc) is 2.55. The van der Waals surface area contributed by atoms with Crippen LogP contribution in [-0.2, 0) is 0 Å². The second-order valence-electron chi connectivity index (χ2n) is 6.57. The number of nitrogens with zero attached hydrogens (tertiary/aromatic N) is 1. The predicted molar refractivity (Wildman–Crippen MR) is 92.9 cm³/mol. The van der Waals surface area contributed by atoms with Crippen molar-refractivity contribution in [3.05, 3.63) is 59.7 Å². The van der Waals surface area contributed by atoms with Crippen LogP contribution in [0.15, 0.2) is 48.5 Å². The summed E-state index contributed by atoms with van der Waals surface area (Å²) in [5, 5.41) is 6.79. The largest absolute Gasteiger partial charge is 0.367 e. The van der Waals surface area contributed by atoms with Crippen molar-refractivity contribution >= 4 is 17.3 Å². The average molecular weight is 307 g/mol. The predicted octanol–water partition coefficient (Wildman–Crippen LogP) is 3.15. The standard InChI is InChI=1S/C19H21N3O/c1-14-7-9-15(10-8-14)22-12-4-11-19(13-22)20-17-6-3-2-5-16(17)18(23)21-19/h2-3,5-10,20H,4,11-13H2,1H3,(H,21,23). The van der Waals surface area contributed by atoms with Gasteiger partial charge in [-0.25, -0.2) is 0 Å². The van der Waals surface area contributed by atoms with Gasteiger partial charge in [0.15, 0.2) is 0 Å². The van der Waals surface area contributed by atoms with Crippen LogP contribution >= 0.6 is 0 Å². The summed E-state index contributed by atoms with van der Waals surface area (Å²) in [4.78, 5) is 14.8. The normalized spacial score (nSPS) is 23.2. The van der Waals surface area contributed by atoms with Crippen LogP contribution in [0.3, 0.4) is 0 Å². The third kappa shape index (κ3) is 2.54. The van der Waals surface area contributed by atoms with Crippen molar-refractivity contribution in [2.45, 2.75) is 25.4 Å². The van der Waals surface area contributed by atoms with Gasteiger partial charge in [-0.05, 0) is 44.0 Å². The smallest absolute Gasteiger partial charge is 0.255 e. The highest BCUT2D eigenvalue weighted by Crippen LogP contribution is 2.32. The fraction of sp³-hybridized carbons (Fsp3) is 0.316. The summed E-state index contributed by atoms with van der Waals surface area (Å²) in [6.07, 6.45) is 1.98. The number of amides is 1. The van der Waals surface area contributed by atoms with Crippen molar-refractivity contribution < 1.29 is 4.79 Å². The lowest BCUT2D eigenvalue weighted by Gasteiger charge is -2.47. The first-order valence-electron chi connectivity index (χ1n) is 8.17. The molecule has 0 aliphatic carbocycles. The zero-order valence-electron chi connectivity index (χ0n) is 13.3. The second-order valence-corrected chi connectivity index (χ2v) is 6.57. The molecule has 118 valence electrons. The van der Waals surface area contributed by atoms with Crippen LogP contribution in [0, 0.1) is 6.92 Å². The summed E-state index contributed by atoms with van der Waals surface area (Å²) in [6.45, 7) is 3.89. The van der Waals surface area contributed by atoms with Crippen molar-refractivity contribution in [3.63, 3.8) is 0 Å². The molecule has 1 unspecified atom stereocenters. The van der Waals surface area contributed by atoms with E-state index in [1.165, 1.54) is 11.3 Å². The third-order valence-corrected chi connectivity index (χ3v) is 4.79. The molecule has 2 aromatic rings. The van der Waals surface area contributed by atoms with E-state index in [0.29, 0.717) is 0 Å². The number of fused-ring (bicyclic) bond motifs is 1. The summed E-state index contributed by atoms with van der Waals surface area (Å²) in [6, 6.07) is 16.3. The Balaban J connectivity index is 1.62. The summed E-state index contributed by atoms with van der Waals surface area (Å²) in [7, 11) is 0. The number of hydrogen-bond acceptors (Lipinski definition) is 3. The molecule has 1 spiro atoms. The van der Waals surface area contributed by atoms with Gasteiger partial charge in [-0.2, -0.15) is 0 Å². The van der Waals surface area contributed by atoms with E-state index >= 15 is 0 Å². The van der Waals surface area contributed by atoms with Crippen LogP contribution in [-0.4, -0.2) is 24.7 Å². The molecule has 0 aromatic heterocycles. The molecule has 1 fully saturated rings. The van der Waals surface area contributed by atoms with Gasteiger partial charge in [-0.3, -0.25) is 4.79 Å². The molecule has 0 bridgehead atoms. The van der Waals surface area contributed by atoms with Crippen LogP contribution in [0.1, 0.15) is 28.8 Å². The molecule has 4 nitrogen and oxygen atoms in total. The summed E-state index contributed by atoms with van der Waals surface area (Å²) < 4.78 is 0. The monoisotopic (exact) mass is 307 g/mol. The maximum Gasteiger partial charge on any atom is 0.255 e. The van der Waals surface area contributed by atoms with Crippen molar-refractivity contribution in [2.75, 3.05) is 23.3 Å². The first-order chi connectivity index (χ1) is 11.2. The minimum absolute atomic E-state index is 0.0186. The Kier molecular flexibility index (Phi) is 3.26. The molecule has 1 saturated heterocycles.